The van der Waals surface area contributed by atoms with Crippen molar-refractivity contribution in [3.05, 3.63) is 59.4 Å². The van der Waals surface area contributed by atoms with Crippen molar-refractivity contribution in [3.8, 4) is 0 Å². The molecule has 2 aromatic carbocycles. The van der Waals surface area contributed by atoms with Crippen molar-refractivity contribution in [1.82, 2.24) is 0 Å². The lowest BCUT2D eigenvalue weighted by molar-refractivity contribution is 0.631. The number of halogens is 1. The summed E-state index contributed by atoms with van der Waals surface area (Å²) in [7, 11) is 0. The molecule has 1 unspecified atom stereocenters. The molecule has 0 amide bonds. The summed E-state index contributed by atoms with van der Waals surface area (Å²) in [5.74, 6) is -0.358. The van der Waals surface area contributed by atoms with Crippen molar-refractivity contribution >= 4 is 17.4 Å². The Morgan fingerprint density at radius 1 is 1.17 bits per heavy atom. The second kappa shape index (κ2) is 5.44. The second-order valence-corrected chi connectivity index (χ2v) is 5.71. The molecule has 0 bridgehead atoms. The number of benzene rings is 2. The van der Waals surface area contributed by atoms with Gasteiger partial charge in [-0.2, -0.15) is 0 Å². The van der Waals surface area contributed by atoms with Crippen LogP contribution in [0.5, 0.6) is 0 Å². The van der Waals surface area contributed by atoms with Gasteiger partial charge in [0.1, 0.15) is 5.82 Å². The van der Waals surface area contributed by atoms with Gasteiger partial charge in [0.2, 0.25) is 0 Å². The Hall–Kier alpha value is -1.48. The summed E-state index contributed by atoms with van der Waals surface area (Å²) in [6, 6.07) is 13.2. The molecule has 0 heterocycles. The molecule has 0 saturated carbocycles. The molecule has 0 saturated heterocycles. The maximum Gasteiger partial charge on any atom is 0.146 e. The fraction of sp³-hybridized carbons (Fsp3) is 0.200. The normalized spacial score (nSPS) is 12.4. The quantitative estimate of drug-likeness (QED) is 0.647. The first-order valence-corrected chi connectivity index (χ1v) is 6.73. The van der Waals surface area contributed by atoms with Crippen molar-refractivity contribution in [2.45, 2.75) is 24.0 Å². The first-order valence-electron chi connectivity index (χ1n) is 5.85. The van der Waals surface area contributed by atoms with Crippen molar-refractivity contribution in [2.24, 2.45) is 0 Å². The molecule has 0 aliphatic rings. The molecule has 3 heteroatoms. The van der Waals surface area contributed by atoms with E-state index in [9.17, 15) is 4.39 Å². The van der Waals surface area contributed by atoms with E-state index in [1.165, 1.54) is 17.2 Å². The molecule has 94 valence electrons. The number of anilines is 1. The predicted molar refractivity (Wildman–Crippen MR) is 76.3 cm³/mol. The fourth-order valence-electron chi connectivity index (χ4n) is 1.91. The number of hydrogen-bond acceptors (Lipinski definition) is 2. The van der Waals surface area contributed by atoms with Crippen LogP contribution >= 0.6 is 11.8 Å². The van der Waals surface area contributed by atoms with Gasteiger partial charge in [0.25, 0.3) is 0 Å². The zero-order valence-electron chi connectivity index (χ0n) is 10.5. The molecule has 0 radical (unpaired) electrons. The van der Waals surface area contributed by atoms with Gasteiger partial charge < -0.3 is 5.73 Å². The molecule has 0 aliphatic carbocycles. The Labute approximate surface area is 111 Å². The van der Waals surface area contributed by atoms with Crippen LogP contribution in [0.2, 0.25) is 0 Å². The van der Waals surface area contributed by atoms with E-state index in [0.717, 1.165) is 4.90 Å². The number of aryl methyl sites for hydroxylation is 1. The number of nitrogen functional groups attached to an aromatic ring is 1. The molecule has 1 atom stereocenters. The summed E-state index contributed by atoms with van der Waals surface area (Å²) >= 11 is 1.69. The molecule has 0 aromatic heterocycles. The molecule has 2 N–H and O–H groups in total. The Morgan fingerprint density at radius 3 is 2.56 bits per heavy atom. The summed E-state index contributed by atoms with van der Waals surface area (Å²) < 4.78 is 13.1. The smallest absolute Gasteiger partial charge is 0.146 e. The Kier molecular flexibility index (Phi) is 3.92. The van der Waals surface area contributed by atoms with E-state index in [1.807, 2.05) is 12.1 Å². The van der Waals surface area contributed by atoms with Crippen LogP contribution in [0.3, 0.4) is 0 Å². The maximum atomic E-state index is 13.1. The van der Waals surface area contributed by atoms with Gasteiger partial charge in [-0.25, -0.2) is 4.39 Å². The van der Waals surface area contributed by atoms with Gasteiger partial charge in [-0.1, -0.05) is 24.3 Å². The Bertz CT molecular complexity index is 554. The number of hydrogen-bond donors (Lipinski definition) is 1. The highest BCUT2D eigenvalue weighted by molar-refractivity contribution is 7.99. The third-order valence-corrected chi connectivity index (χ3v) is 4.04. The molecular weight excluding hydrogens is 245 g/mol. The van der Waals surface area contributed by atoms with E-state index in [4.69, 9.17) is 5.73 Å². The molecule has 2 aromatic rings. The van der Waals surface area contributed by atoms with Gasteiger partial charge in [0, 0.05) is 10.1 Å². The van der Waals surface area contributed by atoms with Gasteiger partial charge >= 0.3 is 0 Å². The minimum absolute atomic E-state index is 0.206. The van der Waals surface area contributed by atoms with Crippen LogP contribution in [0.1, 0.15) is 23.3 Å². The molecule has 18 heavy (non-hydrogen) atoms. The lowest BCUT2D eigenvalue weighted by Crippen LogP contribution is -1.94. The summed E-state index contributed by atoms with van der Waals surface area (Å²) in [5, 5.41) is 0.316. The van der Waals surface area contributed by atoms with Crippen LogP contribution in [0, 0.1) is 12.7 Å². The van der Waals surface area contributed by atoms with Gasteiger partial charge in [-0.3, -0.25) is 0 Å². The van der Waals surface area contributed by atoms with Gasteiger partial charge in [0.05, 0.1) is 5.69 Å². The topological polar surface area (TPSA) is 26.0 Å². The van der Waals surface area contributed by atoms with Crippen molar-refractivity contribution < 1.29 is 4.39 Å². The van der Waals surface area contributed by atoms with Crippen LogP contribution in [-0.2, 0) is 0 Å². The highest BCUT2D eigenvalue weighted by Gasteiger charge is 2.10. The standard InChI is InChI=1S/C15H16FNS/c1-10-5-3-4-6-13(10)11(2)18-12-7-8-14(16)15(17)9-12/h3-9,11H,17H2,1-2H3. The van der Waals surface area contributed by atoms with E-state index in [1.54, 1.807) is 23.9 Å². The van der Waals surface area contributed by atoms with Gasteiger partial charge in [-0.15, -0.1) is 11.8 Å². The first kappa shape index (κ1) is 13.0. The van der Waals surface area contributed by atoms with Crippen LogP contribution in [0.25, 0.3) is 0 Å². The number of rotatable bonds is 3. The van der Waals surface area contributed by atoms with Crippen molar-refractivity contribution in [2.75, 3.05) is 5.73 Å². The highest BCUT2D eigenvalue weighted by atomic mass is 32.2. The Balaban J connectivity index is 2.19. The first-order chi connectivity index (χ1) is 8.58. The molecule has 0 spiro atoms. The Morgan fingerprint density at radius 2 is 1.89 bits per heavy atom. The van der Waals surface area contributed by atoms with Gasteiger partial charge in [0.15, 0.2) is 0 Å². The van der Waals surface area contributed by atoms with E-state index >= 15 is 0 Å². The zero-order chi connectivity index (χ0) is 13.1. The summed E-state index contributed by atoms with van der Waals surface area (Å²) in [6.45, 7) is 4.25. The van der Waals surface area contributed by atoms with Gasteiger partial charge in [-0.05, 0) is 43.2 Å². The maximum absolute atomic E-state index is 13.1. The summed E-state index contributed by atoms with van der Waals surface area (Å²) in [6.07, 6.45) is 0. The third-order valence-electron chi connectivity index (χ3n) is 2.91. The van der Waals surface area contributed by atoms with E-state index in [-0.39, 0.29) is 11.5 Å². The molecule has 0 aliphatic heterocycles. The molecule has 2 rings (SSSR count). The average Bonchev–Trinajstić information content (AvgIpc) is 2.34. The second-order valence-electron chi connectivity index (χ2n) is 4.30. The summed E-state index contributed by atoms with van der Waals surface area (Å²) in [4.78, 5) is 0.990. The van der Waals surface area contributed by atoms with E-state index < -0.39 is 0 Å². The lowest BCUT2D eigenvalue weighted by Gasteiger charge is -2.14. The monoisotopic (exact) mass is 261 g/mol. The van der Waals surface area contributed by atoms with Crippen LogP contribution < -0.4 is 5.73 Å². The zero-order valence-corrected chi connectivity index (χ0v) is 11.3. The minimum Gasteiger partial charge on any atom is -0.396 e. The average molecular weight is 261 g/mol. The van der Waals surface area contributed by atoms with E-state index in [0.29, 0.717) is 5.25 Å². The molecule has 0 fully saturated rings. The third kappa shape index (κ3) is 2.85. The van der Waals surface area contributed by atoms with Crippen LogP contribution in [-0.4, -0.2) is 0 Å². The molecular formula is C15H16FNS. The predicted octanol–water partition coefficient (Wildman–Crippen LogP) is 4.57. The SMILES string of the molecule is Cc1ccccc1C(C)Sc1ccc(F)c(N)c1. The molecule has 1 nitrogen and oxygen atoms in total. The lowest BCUT2D eigenvalue weighted by atomic mass is 10.1. The number of nitrogens with two attached hydrogens (primary N) is 1. The fourth-order valence-corrected chi connectivity index (χ4v) is 3.05. The highest BCUT2D eigenvalue weighted by Crippen LogP contribution is 2.36. The van der Waals surface area contributed by atoms with Crippen LogP contribution in [0.15, 0.2) is 47.4 Å². The largest absolute Gasteiger partial charge is 0.396 e. The number of thioether (sulfide) groups is 1. The van der Waals surface area contributed by atoms with E-state index in [2.05, 4.69) is 26.0 Å². The van der Waals surface area contributed by atoms with Crippen LogP contribution in [0.4, 0.5) is 10.1 Å². The van der Waals surface area contributed by atoms with Crippen molar-refractivity contribution in [3.63, 3.8) is 0 Å². The summed E-state index contributed by atoms with van der Waals surface area (Å²) in [5.41, 5.74) is 8.35. The minimum atomic E-state index is -0.358. The van der Waals surface area contributed by atoms with Crippen molar-refractivity contribution in [1.29, 1.82) is 0 Å².